The van der Waals surface area contributed by atoms with Crippen molar-refractivity contribution in [1.29, 1.82) is 0 Å². The van der Waals surface area contributed by atoms with Crippen LogP contribution in [0.2, 0.25) is 0 Å². The van der Waals surface area contributed by atoms with Gasteiger partial charge in [-0.2, -0.15) is 5.06 Å². The Morgan fingerprint density at radius 3 is 1.68 bits per heavy atom. The highest BCUT2D eigenvalue weighted by Crippen LogP contribution is 2.45. The summed E-state index contributed by atoms with van der Waals surface area (Å²) in [5.74, 6) is -0.365. The third-order valence-electron chi connectivity index (χ3n) is 6.62. The average molecular weight is 460 g/mol. The lowest BCUT2D eigenvalue weighted by Gasteiger charge is -2.52. The molecule has 0 spiro atoms. The molecule has 1 aliphatic rings. The third kappa shape index (κ3) is 5.26. The van der Waals surface area contributed by atoms with Gasteiger partial charge in [0.1, 0.15) is 11.6 Å². The van der Waals surface area contributed by atoms with Gasteiger partial charge in [-0.3, -0.25) is 4.84 Å². The van der Waals surface area contributed by atoms with Gasteiger partial charge in [0.2, 0.25) is 0 Å². The van der Waals surface area contributed by atoms with Crippen molar-refractivity contribution in [3.63, 3.8) is 0 Å². The van der Waals surface area contributed by atoms with Gasteiger partial charge in [0.15, 0.2) is 5.79 Å². The Bertz CT molecular complexity index is 1010. The van der Waals surface area contributed by atoms with E-state index in [4.69, 9.17) is 14.3 Å². The standard InChI is InChI=1S/C30H37NO3/c1-23(2)28(26-17-11-7-12-18-26)31(34-24(3)25-15-9-6-10-16-25)30(27-19-13-8-14-20-27)21-32-29(4,5)33-22-30/h6-20,23-24,28H,21-22H2,1-5H3. The first-order valence-electron chi connectivity index (χ1n) is 12.2. The summed E-state index contributed by atoms with van der Waals surface area (Å²) in [6.07, 6.45) is -0.151. The van der Waals surface area contributed by atoms with Gasteiger partial charge in [-0.25, -0.2) is 0 Å². The van der Waals surface area contributed by atoms with Crippen LogP contribution in [0.1, 0.15) is 63.5 Å². The summed E-state index contributed by atoms with van der Waals surface area (Å²) in [5.41, 5.74) is 2.83. The third-order valence-corrected chi connectivity index (χ3v) is 6.62. The van der Waals surface area contributed by atoms with Crippen LogP contribution in [0.25, 0.3) is 0 Å². The number of rotatable bonds is 8. The van der Waals surface area contributed by atoms with Crippen molar-refractivity contribution in [2.24, 2.45) is 5.92 Å². The van der Waals surface area contributed by atoms with Gasteiger partial charge in [0.05, 0.1) is 19.3 Å². The minimum absolute atomic E-state index is 0.0130. The number of hydroxylamine groups is 2. The Balaban J connectivity index is 1.85. The van der Waals surface area contributed by atoms with Gasteiger partial charge in [-0.1, -0.05) is 105 Å². The molecule has 0 radical (unpaired) electrons. The van der Waals surface area contributed by atoms with E-state index in [-0.39, 0.29) is 18.1 Å². The summed E-state index contributed by atoms with van der Waals surface area (Å²) >= 11 is 0. The summed E-state index contributed by atoms with van der Waals surface area (Å²) in [7, 11) is 0. The molecule has 34 heavy (non-hydrogen) atoms. The van der Waals surface area contributed by atoms with Crippen molar-refractivity contribution < 1.29 is 14.3 Å². The highest BCUT2D eigenvalue weighted by molar-refractivity contribution is 5.28. The molecule has 0 amide bonds. The zero-order valence-electron chi connectivity index (χ0n) is 21.0. The summed E-state index contributed by atoms with van der Waals surface area (Å²) < 4.78 is 12.7. The minimum atomic E-state index is -0.644. The van der Waals surface area contributed by atoms with Gasteiger partial charge < -0.3 is 9.47 Å². The number of nitrogens with zero attached hydrogens (tertiary/aromatic N) is 1. The molecular formula is C30H37NO3. The molecule has 4 rings (SSSR count). The first-order chi connectivity index (χ1) is 16.3. The summed E-state index contributed by atoms with van der Waals surface area (Å²) in [5, 5.41) is 2.18. The molecular weight excluding hydrogens is 422 g/mol. The van der Waals surface area contributed by atoms with E-state index in [0.717, 1.165) is 11.1 Å². The smallest absolute Gasteiger partial charge is 0.162 e. The van der Waals surface area contributed by atoms with Crippen LogP contribution in [0.15, 0.2) is 91.0 Å². The second-order valence-electron chi connectivity index (χ2n) is 9.96. The number of hydrogen-bond acceptors (Lipinski definition) is 4. The molecule has 3 aromatic carbocycles. The summed E-state index contributed by atoms with van der Waals surface area (Å²) in [4.78, 5) is 6.95. The van der Waals surface area contributed by atoms with Crippen LogP contribution >= 0.6 is 0 Å². The predicted octanol–water partition coefficient (Wildman–Crippen LogP) is 7.06. The van der Waals surface area contributed by atoms with Gasteiger partial charge in [-0.05, 0) is 43.4 Å². The maximum atomic E-state index is 6.95. The van der Waals surface area contributed by atoms with E-state index in [1.54, 1.807) is 0 Å². The second-order valence-corrected chi connectivity index (χ2v) is 9.96. The molecule has 4 nitrogen and oxygen atoms in total. The van der Waals surface area contributed by atoms with Crippen molar-refractivity contribution in [3.8, 4) is 0 Å². The largest absolute Gasteiger partial charge is 0.348 e. The Hall–Kier alpha value is -2.50. The van der Waals surface area contributed by atoms with E-state index < -0.39 is 11.3 Å². The maximum Gasteiger partial charge on any atom is 0.162 e. The molecule has 0 saturated carbocycles. The molecule has 1 heterocycles. The Kier molecular flexibility index (Phi) is 7.54. The van der Waals surface area contributed by atoms with Gasteiger partial charge in [0, 0.05) is 0 Å². The van der Waals surface area contributed by atoms with E-state index >= 15 is 0 Å². The monoisotopic (exact) mass is 459 g/mol. The van der Waals surface area contributed by atoms with E-state index in [2.05, 4.69) is 105 Å². The normalized spacial score (nSPS) is 19.1. The Morgan fingerprint density at radius 1 is 0.706 bits per heavy atom. The molecule has 0 bridgehead atoms. The fraction of sp³-hybridized carbons (Fsp3) is 0.400. The van der Waals surface area contributed by atoms with E-state index in [1.165, 1.54) is 5.56 Å². The van der Waals surface area contributed by atoms with Gasteiger partial charge >= 0.3 is 0 Å². The molecule has 4 heteroatoms. The van der Waals surface area contributed by atoms with Crippen molar-refractivity contribution in [2.75, 3.05) is 13.2 Å². The van der Waals surface area contributed by atoms with Crippen LogP contribution in [0.4, 0.5) is 0 Å². The Morgan fingerprint density at radius 2 is 1.18 bits per heavy atom. The summed E-state index contributed by atoms with van der Waals surface area (Å²) in [6, 6.07) is 31.4. The van der Waals surface area contributed by atoms with Crippen LogP contribution in [-0.2, 0) is 19.9 Å². The molecule has 180 valence electrons. The van der Waals surface area contributed by atoms with Crippen molar-refractivity contribution in [3.05, 3.63) is 108 Å². The van der Waals surface area contributed by atoms with Crippen LogP contribution in [0, 0.1) is 5.92 Å². The SMILES string of the molecule is CC(ON(C(c1ccccc1)C(C)C)C1(c2ccccc2)COC(C)(C)OC1)c1ccccc1. The quantitative estimate of drug-likeness (QED) is 0.338. The first-order valence-corrected chi connectivity index (χ1v) is 12.2. The fourth-order valence-electron chi connectivity index (χ4n) is 4.67. The molecule has 1 aliphatic heterocycles. The number of hydrogen-bond donors (Lipinski definition) is 0. The van der Waals surface area contributed by atoms with Crippen molar-refractivity contribution >= 4 is 0 Å². The maximum absolute atomic E-state index is 6.95. The van der Waals surface area contributed by atoms with Crippen LogP contribution in [0.5, 0.6) is 0 Å². The number of benzene rings is 3. The molecule has 0 N–H and O–H groups in total. The Labute approximate surface area is 204 Å². The molecule has 3 aromatic rings. The van der Waals surface area contributed by atoms with E-state index in [1.807, 2.05) is 26.0 Å². The zero-order valence-corrected chi connectivity index (χ0v) is 21.0. The topological polar surface area (TPSA) is 30.9 Å². The van der Waals surface area contributed by atoms with Crippen molar-refractivity contribution in [2.45, 2.75) is 58.1 Å². The average Bonchev–Trinajstić information content (AvgIpc) is 2.85. The molecule has 2 atom stereocenters. The first kappa shape index (κ1) is 24.6. The highest BCUT2D eigenvalue weighted by atomic mass is 16.7. The van der Waals surface area contributed by atoms with Gasteiger partial charge in [0.25, 0.3) is 0 Å². The molecule has 1 saturated heterocycles. The van der Waals surface area contributed by atoms with Crippen LogP contribution in [-0.4, -0.2) is 24.1 Å². The number of ether oxygens (including phenoxy) is 2. The zero-order chi connectivity index (χ0) is 24.2. The lowest BCUT2D eigenvalue weighted by Crippen LogP contribution is -2.60. The minimum Gasteiger partial charge on any atom is -0.348 e. The fourth-order valence-corrected chi connectivity index (χ4v) is 4.67. The molecule has 2 unspecified atom stereocenters. The molecule has 0 aliphatic carbocycles. The summed E-state index contributed by atoms with van der Waals surface area (Å²) in [6.45, 7) is 11.5. The van der Waals surface area contributed by atoms with E-state index in [0.29, 0.717) is 13.2 Å². The van der Waals surface area contributed by atoms with Crippen molar-refractivity contribution in [1.82, 2.24) is 5.06 Å². The van der Waals surface area contributed by atoms with Crippen LogP contribution in [0.3, 0.4) is 0 Å². The second kappa shape index (κ2) is 10.4. The lowest BCUT2D eigenvalue weighted by atomic mass is 9.85. The van der Waals surface area contributed by atoms with Gasteiger partial charge in [-0.15, -0.1) is 0 Å². The molecule has 1 fully saturated rings. The van der Waals surface area contributed by atoms with E-state index in [9.17, 15) is 0 Å². The molecule has 0 aromatic heterocycles. The predicted molar refractivity (Wildman–Crippen MR) is 136 cm³/mol. The van der Waals surface area contributed by atoms with Crippen LogP contribution < -0.4 is 0 Å². The lowest BCUT2D eigenvalue weighted by molar-refractivity contribution is -0.363. The highest BCUT2D eigenvalue weighted by Gasteiger charge is 2.50.